The van der Waals surface area contributed by atoms with Gasteiger partial charge in [0, 0.05) is 13.1 Å². The summed E-state index contributed by atoms with van der Waals surface area (Å²) >= 11 is 0. The Morgan fingerprint density at radius 1 is 1.60 bits per heavy atom. The average Bonchev–Trinajstić information content (AvgIpc) is 2.26. The molecular formula is C11H21FNO2. The summed E-state index contributed by atoms with van der Waals surface area (Å²) in [5.74, 6) is 0. The minimum atomic E-state index is -0.420. The van der Waals surface area contributed by atoms with Gasteiger partial charge in [0.05, 0.1) is 18.8 Å². The molecule has 4 heteroatoms. The monoisotopic (exact) mass is 218 g/mol. The van der Waals surface area contributed by atoms with E-state index in [0.717, 1.165) is 32.5 Å². The summed E-state index contributed by atoms with van der Waals surface area (Å²) in [7, 11) is 0. The molecule has 2 unspecified atom stereocenters. The van der Waals surface area contributed by atoms with Gasteiger partial charge in [0.2, 0.25) is 0 Å². The van der Waals surface area contributed by atoms with E-state index in [2.05, 4.69) is 4.90 Å². The molecule has 2 atom stereocenters. The van der Waals surface area contributed by atoms with Crippen LogP contribution < -0.4 is 0 Å². The number of halogens is 1. The number of hydrogen-bond donors (Lipinski definition) is 0. The van der Waals surface area contributed by atoms with Crippen molar-refractivity contribution in [3.63, 3.8) is 0 Å². The van der Waals surface area contributed by atoms with E-state index in [4.69, 9.17) is 4.74 Å². The lowest BCUT2D eigenvalue weighted by molar-refractivity contribution is -0.0489. The molecule has 1 aliphatic heterocycles. The number of ether oxygens (including phenoxy) is 1. The predicted molar refractivity (Wildman–Crippen MR) is 56.2 cm³/mol. The molecule has 0 N–H and O–H groups in total. The summed E-state index contributed by atoms with van der Waals surface area (Å²) in [5, 5.41) is 10.4. The lowest BCUT2D eigenvalue weighted by Crippen LogP contribution is -2.41. The van der Waals surface area contributed by atoms with Gasteiger partial charge in [-0.05, 0) is 32.7 Å². The third kappa shape index (κ3) is 4.91. The number of nitrogens with zero attached hydrogens (tertiary/aromatic N) is 1. The molecule has 1 radical (unpaired) electrons. The molecule has 1 heterocycles. The van der Waals surface area contributed by atoms with E-state index in [1.54, 1.807) is 6.92 Å². The fourth-order valence-corrected chi connectivity index (χ4v) is 1.98. The highest BCUT2D eigenvalue weighted by Gasteiger charge is 2.21. The molecule has 0 saturated carbocycles. The summed E-state index contributed by atoms with van der Waals surface area (Å²) in [4.78, 5) is 2.25. The number of hydrogen-bond acceptors (Lipinski definition) is 2. The van der Waals surface area contributed by atoms with Crippen LogP contribution >= 0.6 is 0 Å². The van der Waals surface area contributed by atoms with Crippen LogP contribution in [0.2, 0.25) is 0 Å². The molecule has 3 nitrogen and oxygen atoms in total. The first-order chi connectivity index (χ1) is 7.26. The highest BCUT2D eigenvalue weighted by atomic mass is 19.1. The molecule has 0 aliphatic carbocycles. The Morgan fingerprint density at radius 3 is 3.07 bits per heavy atom. The van der Waals surface area contributed by atoms with E-state index in [9.17, 15) is 9.50 Å². The molecule has 1 fully saturated rings. The first-order valence-corrected chi connectivity index (χ1v) is 5.78. The molecule has 0 bridgehead atoms. The fourth-order valence-electron chi connectivity index (χ4n) is 1.98. The minimum Gasteiger partial charge on any atom is -0.371 e. The van der Waals surface area contributed by atoms with Gasteiger partial charge in [0.1, 0.15) is 6.67 Å². The van der Waals surface area contributed by atoms with Crippen LogP contribution in [0.4, 0.5) is 4.39 Å². The molecule has 0 aromatic rings. The van der Waals surface area contributed by atoms with Crippen LogP contribution in [-0.4, -0.2) is 50.0 Å². The van der Waals surface area contributed by atoms with Crippen LogP contribution in [0.1, 0.15) is 26.2 Å². The predicted octanol–water partition coefficient (Wildman–Crippen LogP) is 1.65. The lowest BCUT2D eigenvalue weighted by Gasteiger charge is -2.33. The molecule has 15 heavy (non-hydrogen) atoms. The zero-order valence-corrected chi connectivity index (χ0v) is 9.45. The number of piperidine rings is 1. The Hall–Kier alpha value is -0.190. The molecule has 0 aromatic carbocycles. The second-order valence-corrected chi connectivity index (χ2v) is 4.22. The summed E-state index contributed by atoms with van der Waals surface area (Å²) in [6, 6.07) is 0. The Kier molecular flexibility index (Phi) is 6.13. The van der Waals surface area contributed by atoms with Gasteiger partial charge in [-0.3, -0.25) is 0 Å². The number of rotatable bonds is 6. The molecule has 1 aliphatic rings. The van der Waals surface area contributed by atoms with Crippen molar-refractivity contribution in [2.24, 2.45) is 0 Å². The highest BCUT2D eigenvalue weighted by molar-refractivity contribution is 4.74. The molecule has 0 aromatic heterocycles. The molecule has 1 saturated heterocycles. The minimum absolute atomic E-state index is 0.0110. The van der Waals surface area contributed by atoms with Gasteiger partial charge in [-0.25, -0.2) is 9.50 Å². The van der Waals surface area contributed by atoms with Crippen molar-refractivity contribution < 1.29 is 14.2 Å². The summed E-state index contributed by atoms with van der Waals surface area (Å²) in [5.41, 5.74) is 0. The molecule has 0 spiro atoms. The quantitative estimate of drug-likeness (QED) is 0.679. The van der Waals surface area contributed by atoms with Gasteiger partial charge in [-0.15, -0.1) is 0 Å². The van der Waals surface area contributed by atoms with E-state index in [1.807, 2.05) is 0 Å². The summed E-state index contributed by atoms with van der Waals surface area (Å²) in [6.45, 7) is 4.08. The second-order valence-electron chi connectivity index (χ2n) is 4.22. The Morgan fingerprint density at radius 2 is 2.40 bits per heavy atom. The maximum Gasteiger partial charge on any atom is 0.115 e. The third-order valence-electron chi connectivity index (χ3n) is 2.72. The van der Waals surface area contributed by atoms with Crippen LogP contribution in [0.5, 0.6) is 0 Å². The van der Waals surface area contributed by atoms with E-state index in [0.29, 0.717) is 6.42 Å². The van der Waals surface area contributed by atoms with Crippen molar-refractivity contribution in [3.8, 4) is 0 Å². The Bertz CT molecular complexity index is 169. The molecule has 0 amide bonds. The van der Waals surface area contributed by atoms with Crippen molar-refractivity contribution in [2.75, 3.05) is 32.9 Å². The zero-order valence-electron chi connectivity index (χ0n) is 9.45. The fraction of sp³-hybridized carbons (Fsp3) is 1.00. The number of alkyl halides is 1. The van der Waals surface area contributed by atoms with Crippen molar-refractivity contribution in [1.29, 1.82) is 0 Å². The van der Waals surface area contributed by atoms with Gasteiger partial charge in [0.15, 0.2) is 0 Å². The van der Waals surface area contributed by atoms with E-state index >= 15 is 0 Å². The number of likely N-dealkylation sites (tertiary alicyclic amines) is 1. The van der Waals surface area contributed by atoms with Gasteiger partial charge in [-0.2, -0.15) is 0 Å². The van der Waals surface area contributed by atoms with Gasteiger partial charge in [-0.1, -0.05) is 0 Å². The van der Waals surface area contributed by atoms with Crippen molar-refractivity contribution in [2.45, 2.75) is 38.4 Å². The van der Waals surface area contributed by atoms with Gasteiger partial charge < -0.3 is 9.64 Å². The van der Waals surface area contributed by atoms with E-state index in [-0.39, 0.29) is 18.8 Å². The topological polar surface area (TPSA) is 32.4 Å². The third-order valence-corrected chi connectivity index (χ3v) is 2.72. The first-order valence-electron chi connectivity index (χ1n) is 5.78. The largest absolute Gasteiger partial charge is 0.371 e. The van der Waals surface area contributed by atoms with Crippen LogP contribution in [0, 0.1) is 0 Å². The van der Waals surface area contributed by atoms with Crippen LogP contribution in [0.15, 0.2) is 0 Å². The maximum atomic E-state index is 12.3. The van der Waals surface area contributed by atoms with Crippen molar-refractivity contribution in [1.82, 2.24) is 4.90 Å². The summed E-state index contributed by atoms with van der Waals surface area (Å²) < 4.78 is 17.8. The smallest absolute Gasteiger partial charge is 0.115 e. The van der Waals surface area contributed by atoms with E-state index in [1.165, 1.54) is 0 Å². The average molecular weight is 218 g/mol. The molecule has 1 rings (SSSR count). The Labute approximate surface area is 91.2 Å². The molecular weight excluding hydrogens is 197 g/mol. The highest BCUT2D eigenvalue weighted by Crippen LogP contribution is 2.15. The van der Waals surface area contributed by atoms with Crippen molar-refractivity contribution >= 4 is 0 Å². The SMILES string of the molecule is CC(CF)OC1CCCN(CCC[O])C1. The van der Waals surface area contributed by atoms with Crippen LogP contribution in [0.25, 0.3) is 0 Å². The molecule has 89 valence electrons. The normalized spacial score (nSPS) is 25.4. The van der Waals surface area contributed by atoms with Crippen molar-refractivity contribution in [3.05, 3.63) is 0 Å². The Balaban J connectivity index is 2.22. The first kappa shape index (κ1) is 12.9. The van der Waals surface area contributed by atoms with Crippen LogP contribution in [-0.2, 0) is 9.84 Å². The zero-order chi connectivity index (χ0) is 11.1. The van der Waals surface area contributed by atoms with Gasteiger partial charge in [0.25, 0.3) is 0 Å². The standard InChI is InChI=1S/C11H21FNO2/c1-10(8-12)15-11-4-2-5-13(9-11)6-3-7-14/h10-11H,2-9H2,1H3. The lowest BCUT2D eigenvalue weighted by atomic mass is 10.1. The van der Waals surface area contributed by atoms with Crippen LogP contribution in [0.3, 0.4) is 0 Å². The van der Waals surface area contributed by atoms with E-state index < -0.39 is 6.67 Å². The summed E-state index contributed by atoms with van der Waals surface area (Å²) in [6.07, 6.45) is 2.65. The maximum absolute atomic E-state index is 12.3. The van der Waals surface area contributed by atoms with Gasteiger partial charge >= 0.3 is 0 Å². The second kappa shape index (κ2) is 7.14.